The van der Waals surface area contributed by atoms with E-state index in [0.29, 0.717) is 18.6 Å². The Bertz CT molecular complexity index is 116. The van der Waals surface area contributed by atoms with Crippen molar-refractivity contribution in [3.8, 4) is 0 Å². The molecule has 52 valence electrons. The molecular weight excluding hydrogens is 138 g/mol. The Labute approximate surface area is 59.9 Å². The number of hydrogen-bond acceptors (Lipinski definition) is 2. The molecule has 0 spiro atoms. The molecule has 9 heavy (non-hydrogen) atoms. The normalized spacial score (nSPS) is 23.9. The smallest absolute Gasteiger partial charge is 0.134 e. The number of hydrogen-bond donors (Lipinski definition) is 0. The Hall–Kier alpha value is -0.0800. The summed E-state index contributed by atoms with van der Waals surface area (Å²) in [5.74, 6) is 0.346. The zero-order valence-electron chi connectivity index (χ0n) is 5.27. The van der Waals surface area contributed by atoms with E-state index in [1.54, 1.807) is 4.42 Å². The third-order valence-electron chi connectivity index (χ3n) is 1.49. The van der Waals surface area contributed by atoms with Gasteiger partial charge in [0.15, 0.2) is 0 Å². The van der Waals surface area contributed by atoms with Crippen LogP contribution in [0.15, 0.2) is 0 Å². The van der Waals surface area contributed by atoms with Crippen LogP contribution in [-0.2, 0) is 4.79 Å². The van der Waals surface area contributed by atoms with Crippen molar-refractivity contribution >= 4 is 17.6 Å². The van der Waals surface area contributed by atoms with Gasteiger partial charge in [-0.3, -0.25) is 4.79 Å². The second-order valence-corrected chi connectivity index (χ2v) is 2.78. The van der Waals surface area contributed by atoms with E-state index in [1.807, 2.05) is 0 Å². The molecule has 2 nitrogen and oxygen atoms in total. The lowest BCUT2D eigenvalue weighted by molar-refractivity contribution is -0.118. The Morgan fingerprint density at radius 3 is 2.89 bits per heavy atom. The fourth-order valence-corrected chi connectivity index (χ4v) is 1.13. The first-order valence-corrected chi connectivity index (χ1v) is 3.55. The first-order valence-electron chi connectivity index (χ1n) is 3.21. The molecule has 0 aromatic carbocycles. The van der Waals surface area contributed by atoms with Gasteiger partial charge in [-0.1, -0.05) is 0 Å². The Kier molecular flexibility index (Phi) is 2.49. The maximum absolute atomic E-state index is 10.7. The van der Waals surface area contributed by atoms with Crippen molar-refractivity contribution in [3.05, 3.63) is 0 Å². The minimum absolute atomic E-state index is 0.346. The molecule has 1 aliphatic rings. The van der Waals surface area contributed by atoms with E-state index >= 15 is 0 Å². The highest BCUT2D eigenvalue weighted by Gasteiger charge is 2.10. The molecule has 0 N–H and O–H groups in total. The molecular formula is C6H10ClNO. The maximum atomic E-state index is 10.7. The van der Waals surface area contributed by atoms with Crippen molar-refractivity contribution in [2.24, 2.45) is 0 Å². The van der Waals surface area contributed by atoms with Gasteiger partial charge in [-0.15, -0.1) is 0 Å². The van der Waals surface area contributed by atoms with Crippen LogP contribution < -0.4 is 0 Å². The zero-order chi connectivity index (χ0) is 6.69. The summed E-state index contributed by atoms with van der Waals surface area (Å²) in [6.07, 6.45) is 2.26. The molecule has 0 unspecified atom stereocenters. The fraction of sp³-hybridized carbons (Fsp3) is 0.833. The van der Waals surface area contributed by atoms with Crippen LogP contribution in [-0.4, -0.2) is 23.3 Å². The summed E-state index contributed by atoms with van der Waals surface area (Å²) in [6.45, 7) is 1.58. The molecule has 3 heteroatoms. The standard InChI is InChI=1S/C6H10ClNO/c7-8-4-1-2-6(9)3-5-8/h1-5H2. The zero-order valence-corrected chi connectivity index (χ0v) is 6.02. The average Bonchev–Trinajstić information content (AvgIpc) is 1.97. The first-order chi connectivity index (χ1) is 4.29. The van der Waals surface area contributed by atoms with Crippen LogP contribution in [0.1, 0.15) is 19.3 Å². The average molecular weight is 148 g/mol. The van der Waals surface area contributed by atoms with Crippen molar-refractivity contribution < 1.29 is 4.79 Å². The minimum Gasteiger partial charge on any atom is -0.300 e. The topological polar surface area (TPSA) is 20.3 Å². The van der Waals surface area contributed by atoms with Crippen LogP contribution >= 0.6 is 11.8 Å². The lowest BCUT2D eigenvalue weighted by Crippen LogP contribution is -2.12. The summed E-state index contributed by atoms with van der Waals surface area (Å²) in [4.78, 5) is 10.7. The summed E-state index contributed by atoms with van der Waals surface area (Å²) in [5, 5.41) is 0. The van der Waals surface area contributed by atoms with Crippen molar-refractivity contribution in [1.29, 1.82) is 0 Å². The molecule has 0 amide bonds. The highest BCUT2D eigenvalue weighted by molar-refractivity contribution is 6.13. The summed E-state index contributed by atoms with van der Waals surface area (Å²) in [5.41, 5.74) is 0. The number of Topliss-reactive ketones (excluding diaryl/α,β-unsaturated/α-hetero) is 1. The molecule has 1 heterocycles. The highest BCUT2D eigenvalue weighted by Crippen LogP contribution is 2.07. The summed E-state index contributed by atoms with van der Waals surface area (Å²) < 4.78 is 1.69. The Morgan fingerprint density at radius 2 is 2.11 bits per heavy atom. The summed E-state index contributed by atoms with van der Waals surface area (Å²) in [7, 11) is 0. The quantitative estimate of drug-likeness (QED) is 0.480. The lowest BCUT2D eigenvalue weighted by Gasteiger charge is -2.05. The van der Waals surface area contributed by atoms with Gasteiger partial charge in [0.05, 0.1) is 0 Å². The molecule has 0 radical (unpaired) electrons. The van der Waals surface area contributed by atoms with Crippen molar-refractivity contribution in [1.82, 2.24) is 4.42 Å². The van der Waals surface area contributed by atoms with E-state index in [1.165, 1.54) is 0 Å². The van der Waals surface area contributed by atoms with E-state index in [2.05, 4.69) is 0 Å². The second kappa shape index (κ2) is 3.18. The van der Waals surface area contributed by atoms with E-state index < -0.39 is 0 Å². The number of rotatable bonds is 0. The molecule has 1 rings (SSSR count). The summed E-state index contributed by atoms with van der Waals surface area (Å²) >= 11 is 5.67. The summed E-state index contributed by atoms with van der Waals surface area (Å²) in [6, 6.07) is 0. The first kappa shape index (κ1) is 7.03. The van der Waals surface area contributed by atoms with Gasteiger partial charge in [-0.25, -0.2) is 4.42 Å². The molecule has 0 saturated carbocycles. The van der Waals surface area contributed by atoms with Crippen molar-refractivity contribution in [2.75, 3.05) is 13.1 Å². The molecule has 0 aliphatic carbocycles. The highest BCUT2D eigenvalue weighted by atomic mass is 35.5. The molecule has 0 aromatic heterocycles. The lowest BCUT2D eigenvalue weighted by atomic mass is 10.2. The number of carbonyl (C=O) groups excluding carboxylic acids is 1. The Morgan fingerprint density at radius 1 is 1.33 bits per heavy atom. The monoisotopic (exact) mass is 147 g/mol. The van der Waals surface area contributed by atoms with Crippen LogP contribution in [0.25, 0.3) is 0 Å². The van der Waals surface area contributed by atoms with Crippen LogP contribution in [0.2, 0.25) is 0 Å². The number of halogens is 1. The fourth-order valence-electron chi connectivity index (χ4n) is 0.931. The minimum atomic E-state index is 0.346. The van der Waals surface area contributed by atoms with Gasteiger partial charge >= 0.3 is 0 Å². The van der Waals surface area contributed by atoms with Crippen LogP contribution in [0.4, 0.5) is 0 Å². The molecule has 1 fully saturated rings. The van der Waals surface area contributed by atoms with E-state index in [9.17, 15) is 4.79 Å². The molecule has 1 saturated heterocycles. The third-order valence-corrected chi connectivity index (χ3v) is 1.83. The Balaban J connectivity index is 2.34. The van der Waals surface area contributed by atoms with Crippen molar-refractivity contribution in [2.45, 2.75) is 19.3 Å². The van der Waals surface area contributed by atoms with Gasteiger partial charge in [0.25, 0.3) is 0 Å². The molecule has 0 atom stereocenters. The van der Waals surface area contributed by atoms with Crippen LogP contribution in [0.3, 0.4) is 0 Å². The number of carbonyl (C=O) groups is 1. The van der Waals surface area contributed by atoms with Gasteiger partial charge in [0.2, 0.25) is 0 Å². The van der Waals surface area contributed by atoms with Crippen molar-refractivity contribution in [3.63, 3.8) is 0 Å². The predicted octanol–water partition coefficient (Wildman–Crippen LogP) is 1.20. The van der Waals surface area contributed by atoms with Gasteiger partial charge in [0.1, 0.15) is 5.78 Å². The van der Waals surface area contributed by atoms with Gasteiger partial charge in [-0.05, 0) is 18.2 Å². The number of ketones is 1. The van der Waals surface area contributed by atoms with Crippen LogP contribution in [0, 0.1) is 0 Å². The molecule has 1 aliphatic heterocycles. The van der Waals surface area contributed by atoms with Crippen LogP contribution in [0.5, 0.6) is 0 Å². The van der Waals surface area contributed by atoms with E-state index in [-0.39, 0.29) is 0 Å². The largest absolute Gasteiger partial charge is 0.300 e. The molecule has 0 aromatic rings. The van der Waals surface area contributed by atoms with E-state index in [0.717, 1.165) is 19.5 Å². The second-order valence-electron chi connectivity index (χ2n) is 2.30. The third kappa shape index (κ3) is 2.33. The maximum Gasteiger partial charge on any atom is 0.134 e. The number of nitrogens with zero attached hydrogens (tertiary/aromatic N) is 1. The van der Waals surface area contributed by atoms with E-state index in [4.69, 9.17) is 11.8 Å². The van der Waals surface area contributed by atoms with Gasteiger partial charge < -0.3 is 0 Å². The SMILES string of the molecule is O=C1CCCN(Cl)CC1. The molecule has 0 bridgehead atoms. The van der Waals surface area contributed by atoms with Gasteiger partial charge in [0, 0.05) is 25.9 Å². The van der Waals surface area contributed by atoms with Gasteiger partial charge in [-0.2, -0.15) is 0 Å². The predicted molar refractivity (Wildman–Crippen MR) is 36.3 cm³/mol.